The Balaban J connectivity index is 1.55. The van der Waals surface area contributed by atoms with Gasteiger partial charge in [0.1, 0.15) is 5.52 Å². The monoisotopic (exact) mass is 363 g/mol. The van der Waals surface area contributed by atoms with Gasteiger partial charge in [0.2, 0.25) is 5.91 Å². The van der Waals surface area contributed by atoms with Gasteiger partial charge in [0.15, 0.2) is 11.5 Å². The molecule has 2 rings (SSSR count). The molecule has 144 valence electrons. The van der Waals surface area contributed by atoms with Crippen molar-refractivity contribution in [3.63, 3.8) is 0 Å². The fourth-order valence-electron chi connectivity index (χ4n) is 3.04. The number of nitrogens with one attached hydrogen (secondary N) is 2. The molecule has 0 saturated heterocycles. The highest BCUT2D eigenvalue weighted by molar-refractivity contribution is 5.96. The minimum Gasteiger partial charge on any atom is -0.340 e. The number of carbonyl (C=O) groups excluding carboxylic acids is 1. The number of aromatic nitrogens is 4. The number of rotatable bonds is 13. The molecule has 0 unspecified atom stereocenters. The van der Waals surface area contributed by atoms with Crippen molar-refractivity contribution in [1.29, 1.82) is 0 Å². The zero-order valence-corrected chi connectivity index (χ0v) is 15.7. The van der Waals surface area contributed by atoms with Gasteiger partial charge in [-0.2, -0.15) is 14.4 Å². The van der Waals surface area contributed by atoms with Crippen LogP contribution in [-0.4, -0.2) is 25.8 Å². The highest BCUT2D eigenvalue weighted by Crippen LogP contribution is 2.17. The molecule has 0 radical (unpaired) electrons. The number of halogens is 1. The number of amides is 1. The maximum absolute atomic E-state index is 13.3. The van der Waals surface area contributed by atoms with Crippen LogP contribution in [-0.2, 0) is 4.79 Å². The number of aromatic amines is 1. The van der Waals surface area contributed by atoms with E-state index in [0.717, 1.165) is 19.3 Å². The number of nitrogens with zero attached hydrogens (tertiary/aromatic N) is 3. The molecule has 26 heavy (non-hydrogen) atoms. The summed E-state index contributed by atoms with van der Waals surface area (Å²) in [7, 11) is 0. The zero-order chi connectivity index (χ0) is 18.6. The zero-order valence-electron chi connectivity index (χ0n) is 15.7. The van der Waals surface area contributed by atoms with Crippen molar-refractivity contribution in [3.05, 3.63) is 12.4 Å². The number of imidazole rings is 1. The number of unbranched alkanes of at least 4 members (excludes halogenated alkanes) is 10. The molecule has 0 aliphatic rings. The number of hydrogen-bond donors (Lipinski definition) is 2. The van der Waals surface area contributed by atoms with E-state index < -0.39 is 6.08 Å². The highest BCUT2D eigenvalue weighted by Gasteiger charge is 2.12. The van der Waals surface area contributed by atoms with E-state index in [1.165, 1.54) is 57.7 Å². The van der Waals surface area contributed by atoms with Crippen LogP contribution < -0.4 is 5.32 Å². The summed E-state index contributed by atoms with van der Waals surface area (Å²) >= 11 is 0. The lowest BCUT2D eigenvalue weighted by Gasteiger charge is -2.05. The van der Waals surface area contributed by atoms with Crippen LogP contribution in [0.25, 0.3) is 11.2 Å². The lowest BCUT2D eigenvalue weighted by Crippen LogP contribution is -2.13. The topological polar surface area (TPSA) is 83.6 Å². The summed E-state index contributed by atoms with van der Waals surface area (Å²) in [6, 6.07) is 0. The van der Waals surface area contributed by atoms with E-state index in [4.69, 9.17) is 0 Å². The van der Waals surface area contributed by atoms with Crippen molar-refractivity contribution in [1.82, 2.24) is 19.9 Å². The summed E-state index contributed by atoms with van der Waals surface area (Å²) < 4.78 is 13.3. The average Bonchev–Trinajstić information content (AvgIpc) is 3.08. The first-order valence-corrected chi connectivity index (χ1v) is 9.87. The minimum atomic E-state index is -0.894. The third kappa shape index (κ3) is 7.06. The number of hydrogen-bond acceptors (Lipinski definition) is 4. The third-order valence-corrected chi connectivity index (χ3v) is 4.52. The van der Waals surface area contributed by atoms with Gasteiger partial charge in [0.05, 0.1) is 6.33 Å². The maximum Gasteiger partial charge on any atom is 0.312 e. The van der Waals surface area contributed by atoms with Crippen LogP contribution in [0.15, 0.2) is 6.33 Å². The predicted octanol–water partition coefficient (Wildman–Crippen LogP) is 5.13. The van der Waals surface area contributed by atoms with Crippen LogP contribution in [0.4, 0.5) is 10.2 Å². The van der Waals surface area contributed by atoms with Crippen molar-refractivity contribution in [3.8, 4) is 0 Å². The van der Waals surface area contributed by atoms with Crippen molar-refractivity contribution < 1.29 is 9.18 Å². The molecule has 7 heteroatoms. The Kier molecular flexibility index (Phi) is 9.00. The minimum absolute atomic E-state index is 0.151. The van der Waals surface area contributed by atoms with Gasteiger partial charge in [-0.15, -0.1) is 0 Å². The molecule has 0 bridgehead atoms. The number of H-pyrrole nitrogens is 1. The first-order valence-electron chi connectivity index (χ1n) is 9.87. The van der Waals surface area contributed by atoms with E-state index in [-0.39, 0.29) is 17.4 Å². The Morgan fingerprint density at radius 3 is 2.27 bits per heavy atom. The van der Waals surface area contributed by atoms with Gasteiger partial charge in [-0.1, -0.05) is 71.1 Å². The number of anilines is 1. The van der Waals surface area contributed by atoms with Crippen molar-refractivity contribution >= 4 is 22.9 Å². The summed E-state index contributed by atoms with van der Waals surface area (Å²) in [5.74, 6) is -0.00648. The van der Waals surface area contributed by atoms with E-state index in [9.17, 15) is 9.18 Å². The van der Waals surface area contributed by atoms with Gasteiger partial charge in [-0.3, -0.25) is 4.79 Å². The first-order chi connectivity index (χ1) is 12.7. The van der Waals surface area contributed by atoms with Crippen molar-refractivity contribution in [2.75, 3.05) is 5.32 Å². The SMILES string of the molecule is CCCCCCCCCCCCCC(=O)Nc1nc(F)nc2nc[nH]c12. The van der Waals surface area contributed by atoms with E-state index in [1.54, 1.807) is 0 Å². The molecule has 2 heterocycles. The fourth-order valence-corrected chi connectivity index (χ4v) is 3.04. The highest BCUT2D eigenvalue weighted by atomic mass is 19.1. The molecule has 6 nitrogen and oxygen atoms in total. The molecule has 1 amide bonds. The molecule has 0 spiro atoms. The van der Waals surface area contributed by atoms with Gasteiger partial charge >= 0.3 is 6.08 Å². The summed E-state index contributed by atoms with van der Waals surface area (Å²) in [5.41, 5.74) is 0.654. The van der Waals surface area contributed by atoms with Crippen LogP contribution in [0.5, 0.6) is 0 Å². The summed E-state index contributed by atoms with van der Waals surface area (Å²) in [4.78, 5) is 25.9. The van der Waals surface area contributed by atoms with Gasteiger partial charge < -0.3 is 10.3 Å². The van der Waals surface area contributed by atoms with Gasteiger partial charge in [0.25, 0.3) is 0 Å². The molecule has 0 aliphatic heterocycles. The lowest BCUT2D eigenvalue weighted by atomic mass is 10.1. The van der Waals surface area contributed by atoms with Crippen LogP contribution in [0.3, 0.4) is 0 Å². The summed E-state index contributed by atoms with van der Waals surface area (Å²) in [6.45, 7) is 2.24. The second-order valence-corrected chi connectivity index (χ2v) is 6.78. The van der Waals surface area contributed by atoms with Crippen LogP contribution >= 0.6 is 0 Å². The molecule has 2 aromatic rings. The Labute approximate surface area is 154 Å². The van der Waals surface area contributed by atoms with Crippen molar-refractivity contribution in [2.24, 2.45) is 0 Å². The van der Waals surface area contributed by atoms with Crippen LogP contribution in [0.1, 0.15) is 84.0 Å². The standard InChI is InChI=1S/C19H30FN5O/c1-2-3-4-5-6-7-8-9-10-11-12-13-15(26)23-18-16-17(22-14-21-16)24-19(20)25-18/h14H,2-13H2,1H3,(H2,21,22,23,24,25,26). The second kappa shape index (κ2) is 11.5. The molecular weight excluding hydrogens is 333 g/mol. The molecule has 2 N–H and O–H groups in total. The predicted molar refractivity (Wildman–Crippen MR) is 101 cm³/mol. The Bertz CT molecular complexity index is 673. The van der Waals surface area contributed by atoms with E-state index >= 15 is 0 Å². The Morgan fingerprint density at radius 1 is 1.00 bits per heavy atom. The second-order valence-electron chi connectivity index (χ2n) is 6.78. The maximum atomic E-state index is 13.3. The number of carbonyl (C=O) groups is 1. The van der Waals surface area contributed by atoms with Gasteiger partial charge in [-0.25, -0.2) is 4.98 Å². The summed E-state index contributed by atoms with van der Waals surface area (Å²) in [5, 5.41) is 2.65. The van der Waals surface area contributed by atoms with Crippen molar-refractivity contribution in [2.45, 2.75) is 84.0 Å². The first kappa shape index (κ1) is 20.3. The smallest absolute Gasteiger partial charge is 0.312 e. The van der Waals surface area contributed by atoms with E-state index in [1.807, 2.05) is 0 Å². The molecule has 0 aliphatic carbocycles. The Hall–Kier alpha value is -2.05. The third-order valence-electron chi connectivity index (χ3n) is 4.52. The molecule has 0 atom stereocenters. The van der Waals surface area contributed by atoms with E-state index in [2.05, 4.69) is 32.2 Å². The molecular formula is C19H30FN5O. The van der Waals surface area contributed by atoms with E-state index in [0.29, 0.717) is 11.9 Å². The summed E-state index contributed by atoms with van der Waals surface area (Å²) in [6.07, 6.45) is 14.5. The largest absolute Gasteiger partial charge is 0.340 e. The molecule has 0 saturated carbocycles. The van der Waals surface area contributed by atoms with Crippen LogP contribution in [0, 0.1) is 6.08 Å². The average molecular weight is 363 g/mol. The molecule has 2 aromatic heterocycles. The quantitative estimate of drug-likeness (QED) is 0.381. The van der Waals surface area contributed by atoms with Gasteiger partial charge in [0, 0.05) is 6.42 Å². The van der Waals surface area contributed by atoms with Gasteiger partial charge in [-0.05, 0) is 6.42 Å². The molecule has 0 aromatic carbocycles. The normalized spacial score (nSPS) is 11.2. The van der Waals surface area contributed by atoms with Crippen LogP contribution in [0.2, 0.25) is 0 Å². The lowest BCUT2D eigenvalue weighted by molar-refractivity contribution is -0.116. The molecule has 0 fully saturated rings. The fraction of sp³-hybridized carbons (Fsp3) is 0.684. The Morgan fingerprint density at radius 2 is 1.62 bits per heavy atom. The number of fused-ring (bicyclic) bond motifs is 1.